The highest BCUT2D eigenvalue weighted by Gasteiger charge is 2.27. The van der Waals surface area contributed by atoms with Gasteiger partial charge in [0, 0.05) is 36.8 Å². The van der Waals surface area contributed by atoms with Crippen molar-refractivity contribution in [3.05, 3.63) is 54.6 Å². The Bertz CT molecular complexity index is 805. The summed E-state index contributed by atoms with van der Waals surface area (Å²) in [6.45, 7) is 4.42. The average Bonchev–Trinajstić information content (AvgIpc) is 2.78. The molecule has 0 saturated carbocycles. The molecule has 1 amide bonds. The van der Waals surface area contributed by atoms with Crippen LogP contribution in [0.15, 0.2) is 59.5 Å². The van der Waals surface area contributed by atoms with Crippen molar-refractivity contribution < 1.29 is 19.1 Å². The number of amides is 1. The highest BCUT2D eigenvalue weighted by atomic mass is 32.2. The summed E-state index contributed by atoms with van der Waals surface area (Å²) in [5, 5.41) is 0. The monoisotopic (exact) mass is 414 g/mol. The summed E-state index contributed by atoms with van der Waals surface area (Å²) in [6.07, 6.45) is -0.776. The molecule has 2 aromatic carbocycles. The van der Waals surface area contributed by atoms with E-state index in [0.717, 1.165) is 29.4 Å². The predicted octanol–water partition coefficient (Wildman–Crippen LogP) is 3.07. The molecule has 1 aliphatic rings. The summed E-state index contributed by atoms with van der Waals surface area (Å²) in [6, 6.07) is 17.6. The standard InChI is InChI=1S/C22H26N2O4S/c1-17(28-21(25)16-29-20-10-8-19(27-2)9-11-20)22(26)24-14-12-23(13-15-24)18-6-4-3-5-7-18/h3-11,17H,12-16H2,1-2H3/t17-/m1/s1. The number of methoxy groups -OCH3 is 1. The Morgan fingerprint density at radius 3 is 2.28 bits per heavy atom. The number of ether oxygens (including phenoxy) is 2. The maximum Gasteiger partial charge on any atom is 0.317 e. The Hall–Kier alpha value is -2.67. The number of carbonyl (C=O) groups is 2. The molecule has 0 bridgehead atoms. The number of nitrogens with zero attached hydrogens (tertiary/aromatic N) is 2. The summed E-state index contributed by atoms with van der Waals surface area (Å²) >= 11 is 1.37. The summed E-state index contributed by atoms with van der Waals surface area (Å²) in [7, 11) is 1.61. The van der Waals surface area contributed by atoms with E-state index in [4.69, 9.17) is 9.47 Å². The van der Waals surface area contributed by atoms with Crippen LogP contribution in [0.1, 0.15) is 6.92 Å². The second kappa shape index (κ2) is 10.2. The minimum Gasteiger partial charge on any atom is -0.497 e. The Kier molecular flexibility index (Phi) is 7.41. The smallest absolute Gasteiger partial charge is 0.317 e. The van der Waals surface area contributed by atoms with E-state index in [1.54, 1.807) is 18.9 Å². The van der Waals surface area contributed by atoms with Crippen molar-refractivity contribution in [2.75, 3.05) is 43.9 Å². The number of anilines is 1. The Morgan fingerprint density at radius 2 is 1.66 bits per heavy atom. The maximum absolute atomic E-state index is 12.6. The number of hydrogen-bond donors (Lipinski definition) is 0. The first-order valence-electron chi connectivity index (χ1n) is 9.62. The number of esters is 1. The molecule has 7 heteroatoms. The van der Waals surface area contributed by atoms with Crippen molar-refractivity contribution in [2.24, 2.45) is 0 Å². The van der Waals surface area contributed by atoms with E-state index in [2.05, 4.69) is 17.0 Å². The second-order valence-corrected chi connectivity index (χ2v) is 7.79. The van der Waals surface area contributed by atoms with Crippen LogP contribution in [-0.2, 0) is 14.3 Å². The van der Waals surface area contributed by atoms with Gasteiger partial charge in [-0.1, -0.05) is 18.2 Å². The SMILES string of the molecule is COc1ccc(SCC(=O)O[C@H](C)C(=O)N2CCN(c3ccccc3)CC2)cc1. The normalized spacial score (nSPS) is 15.0. The lowest BCUT2D eigenvalue weighted by Crippen LogP contribution is -2.51. The van der Waals surface area contributed by atoms with Gasteiger partial charge in [0.05, 0.1) is 12.9 Å². The van der Waals surface area contributed by atoms with Gasteiger partial charge in [-0.15, -0.1) is 11.8 Å². The van der Waals surface area contributed by atoms with Gasteiger partial charge in [0.25, 0.3) is 5.91 Å². The highest BCUT2D eigenvalue weighted by Crippen LogP contribution is 2.22. The lowest BCUT2D eigenvalue weighted by Gasteiger charge is -2.37. The third-order valence-electron chi connectivity index (χ3n) is 4.78. The summed E-state index contributed by atoms with van der Waals surface area (Å²) in [4.78, 5) is 29.7. The Morgan fingerprint density at radius 1 is 1.00 bits per heavy atom. The molecule has 0 N–H and O–H groups in total. The fraction of sp³-hybridized carbons (Fsp3) is 0.364. The number of hydrogen-bond acceptors (Lipinski definition) is 6. The van der Waals surface area contributed by atoms with Crippen LogP contribution in [0.3, 0.4) is 0 Å². The molecule has 29 heavy (non-hydrogen) atoms. The van der Waals surface area contributed by atoms with Crippen LogP contribution in [0.5, 0.6) is 5.75 Å². The molecule has 1 fully saturated rings. The fourth-order valence-electron chi connectivity index (χ4n) is 3.18. The van der Waals surface area contributed by atoms with Gasteiger partial charge in [0.1, 0.15) is 5.75 Å². The Balaban J connectivity index is 1.42. The van der Waals surface area contributed by atoms with E-state index in [1.807, 2.05) is 42.5 Å². The quantitative estimate of drug-likeness (QED) is 0.513. The third kappa shape index (κ3) is 5.90. The average molecular weight is 415 g/mol. The number of piperazine rings is 1. The van der Waals surface area contributed by atoms with Gasteiger partial charge in [-0.25, -0.2) is 0 Å². The first kappa shape index (κ1) is 21.0. The molecular weight excluding hydrogens is 388 g/mol. The van der Waals surface area contributed by atoms with Crippen LogP contribution in [0, 0.1) is 0 Å². The van der Waals surface area contributed by atoms with E-state index in [0.29, 0.717) is 13.1 Å². The van der Waals surface area contributed by atoms with Crippen molar-refractivity contribution in [3.8, 4) is 5.75 Å². The lowest BCUT2D eigenvalue weighted by molar-refractivity contribution is -0.157. The molecule has 0 spiro atoms. The third-order valence-corrected chi connectivity index (χ3v) is 5.77. The van der Waals surface area contributed by atoms with Crippen molar-refractivity contribution in [1.29, 1.82) is 0 Å². The zero-order valence-electron chi connectivity index (χ0n) is 16.7. The molecule has 1 saturated heterocycles. The zero-order chi connectivity index (χ0) is 20.6. The van der Waals surface area contributed by atoms with Gasteiger partial charge in [0.2, 0.25) is 0 Å². The molecule has 1 aliphatic heterocycles. The number of carbonyl (C=O) groups excluding carboxylic acids is 2. The van der Waals surface area contributed by atoms with Crippen LogP contribution in [0.2, 0.25) is 0 Å². The number of thioether (sulfide) groups is 1. The minimum atomic E-state index is -0.776. The molecule has 1 heterocycles. The van der Waals surface area contributed by atoms with Gasteiger partial charge in [-0.2, -0.15) is 0 Å². The van der Waals surface area contributed by atoms with Crippen LogP contribution in [0.25, 0.3) is 0 Å². The van der Waals surface area contributed by atoms with E-state index in [1.165, 1.54) is 11.8 Å². The molecule has 154 valence electrons. The molecule has 0 radical (unpaired) electrons. The number of para-hydroxylation sites is 1. The first-order valence-corrected chi connectivity index (χ1v) is 10.6. The molecule has 1 atom stereocenters. The largest absolute Gasteiger partial charge is 0.497 e. The van der Waals surface area contributed by atoms with E-state index < -0.39 is 12.1 Å². The van der Waals surface area contributed by atoms with Crippen LogP contribution in [-0.4, -0.2) is 61.9 Å². The highest BCUT2D eigenvalue weighted by molar-refractivity contribution is 8.00. The van der Waals surface area contributed by atoms with Crippen molar-refractivity contribution in [1.82, 2.24) is 4.90 Å². The van der Waals surface area contributed by atoms with E-state index in [-0.39, 0.29) is 11.7 Å². The van der Waals surface area contributed by atoms with Crippen molar-refractivity contribution in [2.45, 2.75) is 17.9 Å². The zero-order valence-corrected chi connectivity index (χ0v) is 17.6. The Labute approximate surface area is 175 Å². The molecule has 3 rings (SSSR count). The van der Waals surface area contributed by atoms with Gasteiger partial charge in [-0.3, -0.25) is 9.59 Å². The number of rotatable bonds is 7. The molecule has 0 unspecified atom stereocenters. The van der Waals surface area contributed by atoms with E-state index >= 15 is 0 Å². The van der Waals surface area contributed by atoms with E-state index in [9.17, 15) is 9.59 Å². The first-order chi connectivity index (χ1) is 14.1. The van der Waals surface area contributed by atoms with Crippen molar-refractivity contribution in [3.63, 3.8) is 0 Å². The van der Waals surface area contributed by atoms with Gasteiger partial charge >= 0.3 is 5.97 Å². The fourth-order valence-corrected chi connectivity index (χ4v) is 3.86. The number of benzene rings is 2. The molecular formula is C22H26N2O4S. The van der Waals surface area contributed by atoms with Gasteiger partial charge in [-0.05, 0) is 43.3 Å². The second-order valence-electron chi connectivity index (χ2n) is 6.74. The molecule has 0 aliphatic carbocycles. The van der Waals surface area contributed by atoms with Crippen LogP contribution >= 0.6 is 11.8 Å². The summed E-state index contributed by atoms with van der Waals surface area (Å²) < 4.78 is 10.5. The summed E-state index contributed by atoms with van der Waals surface area (Å²) in [5.41, 5.74) is 1.16. The minimum absolute atomic E-state index is 0.138. The lowest BCUT2D eigenvalue weighted by atomic mass is 10.2. The predicted molar refractivity (Wildman–Crippen MR) is 115 cm³/mol. The van der Waals surface area contributed by atoms with Gasteiger partial charge in [0.15, 0.2) is 6.10 Å². The van der Waals surface area contributed by atoms with Crippen LogP contribution < -0.4 is 9.64 Å². The van der Waals surface area contributed by atoms with Crippen molar-refractivity contribution >= 4 is 29.3 Å². The summed E-state index contributed by atoms with van der Waals surface area (Å²) in [5.74, 6) is 0.393. The molecule has 6 nitrogen and oxygen atoms in total. The molecule has 2 aromatic rings. The maximum atomic E-state index is 12.6. The van der Waals surface area contributed by atoms with Crippen LogP contribution in [0.4, 0.5) is 5.69 Å². The van der Waals surface area contributed by atoms with Gasteiger partial charge < -0.3 is 19.3 Å². The molecule has 0 aromatic heterocycles. The topological polar surface area (TPSA) is 59.1 Å².